The van der Waals surface area contributed by atoms with E-state index < -0.39 is 0 Å². The number of fused-ring (bicyclic) bond motifs is 3. The second-order valence-corrected chi connectivity index (χ2v) is 8.67. The summed E-state index contributed by atoms with van der Waals surface area (Å²) in [6.07, 6.45) is 9.03. The van der Waals surface area contributed by atoms with Crippen LogP contribution in [0.5, 0.6) is 0 Å². The molecule has 0 fully saturated rings. The number of hydrogen-bond acceptors (Lipinski definition) is 1. The fourth-order valence-electron chi connectivity index (χ4n) is 4.86. The van der Waals surface area contributed by atoms with Gasteiger partial charge in [-0.1, -0.05) is 66.2 Å². The standard InChI is InChI=1S/C31H26N2/c1-23-15-17-25(18-16-23)32(24-9-3-2-4-10-24)26-19-21-27(22-20-26)33-30-13-7-5-11-28(30)29-12-6-8-14-31(29)33/h3,5-22H,2,4H2,1H3. The van der Waals surface area contributed by atoms with Crippen molar-refractivity contribution in [3.63, 3.8) is 0 Å². The molecule has 0 saturated heterocycles. The van der Waals surface area contributed by atoms with Crippen molar-refractivity contribution in [3.8, 4) is 5.69 Å². The molecule has 0 radical (unpaired) electrons. The summed E-state index contributed by atoms with van der Waals surface area (Å²) in [5.74, 6) is 0. The number of rotatable bonds is 4. The van der Waals surface area contributed by atoms with E-state index in [0.29, 0.717) is 0 Å². The molecule has 33 heavy (non-hydrogen) atoms. The molecular formula is C31H26N2. The van der Waals surface area contributed by atoms with Gasteiger partial charge in [-0.25, -0.2) is 0 Å². The molecule has 0 spiro atoms. The highest BCUT2D eigenvalue weighted by Gasteiger charge is 2.16. The van der Waals surface area contributed by atoms with Crippen LogP contribution in [-0.2, 0) is 0 Å². The Hall–Kier alpha value is -4.04. The fourth-order valence-corrected chi connectivity index (χ4v) is 4.86. The lowest BCUT2D eigenvalue weighted by Gasteiger charge is -2.28. The second-order valence-electron chi connectivity index (χ2n) is 8.67. The van der Waals surface area contributed by atoms with E-state index in [-0.39, 0.29) is 0 Å². The van der Waals surface area contributed by atoms with Crippen LogP contribution >= 0.6 is 0 Å². The van der Waals surface area contributed by atoms with E-state index in [9.17, 15) is 0 Å². The molecule has 2 heteroatoms. The first-order valence-corrected chi connectivity index (χ1v) is 11.6. The first-order valence-electron chi connectivity index (χ1n) is 11.6. The molecule has 1 aliphatic rings. The summed E-state index contributed by atoms with van der Waals surface area (Å²) in [4.78, 5) is 2.35. The van der Waals surface area contributed by atoms with Gasteiger partial charge >= 0.3 is 0 Å². The molecule has 1 aromatic heterocycles. The Balaban J connectivity index is 1.48. The summed E-state index contributed by atoms with van der Waals surface area (Å²) in [5, 5.41) is 2.58. The van der Waals surface area contributed by atoms with Gasteiger partial charge in [-0.3, -0.25) is 0 Å². The summed E-state index contributed by atoms with van der Waals surface area (Å²) in [6.45, 7) is 2.13. The van der Waals surface area contributed by atoms with Gasteiger partial charge < -0.3 is 9.47 Å². The van der Waals surface area contributed by atoms with Crippen molar-refractivity contribution < 1.29 is 0 Å². The normalized spacial score (nSPS) is 13.4. The second kappa shape index (κ2) is 8.14. The highest BCUT2D eigenvalue weighted by Crippen LogP contribution is 2.35. The molecule has 0 amide bonds. The topological polar surface area (TPSA) is 8.17 Å². The summed E-state index contributed by atoms with van der Waals surface area (Å²) in [5.41, 5.74) is 8.50. The Labute approximate surface area is 194 Å². The number of hydrogen-bond donors (Lipinski definition) is 0. The number of aromatic nitrogens is 1. The van der Waals surface area contributed by atoms with E-state index in [1.165, 1.54) is 50.1 Å². The van der Waals surface area contributed by atoms with Gasteiger partial charge in [0.2, 0.25) is 0 Å². The first kappa shape index (κ1) is 19.6. The van der Waals surface area contributed by atoms with Gasteiger partial charge in [0.15, 0.2) is 0 Å². The van der Waals surface area contributed by atoms with Crippen LogP contribution in [0.3, 0.4) is 0 Å². The Kier molecular flexibility index (Phi) is 4.84. The lowest BCUT2D eigenvalue weighted by Crippen LogP contribution is -2.16. The van der Waals surface area contributed by atoms with Crippen LogP contribution in [0, 0.1) is 6.92 Å². The molecular weight excluding hydrogens is 400 g/mol. The molecule has 0 N–H and O–H groups in total. The zero-order valence-corrected chi connectivity index (χ0v) is 18.8. The third-order valence-electron chi connectivity index (χ3n) is 6.47. The summed E-state index contributed by atoms with van der Waals surface area (Å²) in [6, 6.07) is 35.0. The average molecular weight is 427 g/mol. The highest BCUT2D eigenvalue weighted by molar-refractivity contribution is 6.09. The van der Waals surface area contributed by atoms with Crippen LogP contribution in [0.4, 0.5) is 11.4 Å². The quantitative estimate of drug-likeness (QED) is 0.280. The van der Waals surface area contributed by atoms with E-state index in [0.717, 1.165) is 12.8 Å². The molecule has 0 saturated carbocycles. The molecule has 0 unspecified atom stereocenters. The summed E-state index contributed by atoms with van der Waals surface area (Å²) in [7, 11) is 0. The average Bonchev–Trinajstić information content (AvgIpc) is 3.21. The van der Waals surface area contributed by atoms with Crippen LogP contribution in [0.25, 0.3) is 27.5 Å². The lowest BCUT2D eigenvalue weighted by molar-refractivity contribution is 0.997. The number of nitrogens with zero attached hydrogens (tertiary/aromatic N) is 2. The molecule has 5 aromatic rings. The molecule has 0 aliphatic heterocycles. The Bertz CT molecular complexity index is 1450. The van der Waals surface area contributed by atoms with Gasteiger partial charge in [0.1, 0.15) is 0 Å². The van der Waals surface area contributed by atoms with Gasteiger partial charge in [0.25, 0.3) is 0 Å². The van der Waals surface area contributed by atoms with Gasteiger partial charge in [-0.05, 0) is 74.4 Å². The van der Waals surface area contributed by atoms with Crippen LogP contribution < -0.4 is 4.90 Å². The van der Waals surface area contributed by atoms with Gasteiger partial charge in [-0.15, -0.1) is 0 Å². The maximum Gasteiger partial charge on any atom is 0.0541 e. The van der Waals surface area contributed by atoms with Crippen LogP contribution in [0.15, 0.2) is 121 Å². The van der Waals surface area contributed by atoms with Crippen LogP contribution in [0.1, 0.15) is 18.4 Å². The van der Waals surface area contributed by atoms with Crippen molar-refractivity contribution in [2.45, 2.75) is 19.8 Å². The predicted molar refractivity (Wildman–Crippen MR) is 141 cm³/mol. The van der Waals surface area contributed by atoms with Crippen molar-refractivity contribution in [2.75, 3.05) is 4.90 Å². The third kappa shape index (κ3) is 3.44. The number of para-hydroxylation sites is 2. The lowest BCUT2D eigenvalue weighted by atomic mass is 10.1. The number of allylic oxidation sites excluding steroid dienone is 3. The SMILES string of the molecule is Cc1ccc(N(C2=CCCC=C2)c2ccc(-n3c4ccccc4c4ccccc43)cc2)cc1. The van der Waals surface area contributed by atoms with Gasteiger partial charge in [0.05, 0.1) is 11.0 Å². The van der Waals surface area contributed by atoms with Crippen LogP contribution in [0.2, 0.25) is 0 Å². The van der Waals surface area contributed by atoms with E-state index >= 15 is 0 Å². The Morgan fingerprint density at radius 2 is 1.21 bits per heavy atom. The monoisotopic (exact) mass is 426 g/mol. The molecule has 1 heterocycles. The molecule has 2 nitrogen and oxygen atoms in total. The smallest absolute Gasteiger partial charge is 0.0541 e. The van der Waals surface area contributed by atoms with E-state index in [2.05, 4.69) is 132 Å². The van der Waals surface area contributed by atoms with Crippen molar-refractivity contribution in [3.05, 3.63) is 127 Å². The van der Waals surface area contributed by atoms with E-state index in [1.807, 2.05) is 0 Å². The van der Waals surface area contributed by atoms with Crippen molar-refractivity contribution in [2.24, 2.45) is 0 Å². The summed E-state index contributed by atoms with van der Waals surface area (Å²) >= 11 is 0. The maximum absolute atomic E-state index is 2.37. The molecule has 1 aliphatic carbocycles. The van der Waals surface area contributed by atoms with Crippen LogP contribution in [-0.4, -0.2) is 4.57 Å². The third-order valence-corrected chi connectivity index (χ3v) is 6.47. The maximum atomic E-state index is 2.37. The van der Waals surface area contributed by atoms with Gasteiger partial charge in [0, 0.05) is 33.5 Å². The fraction of sp³-hybridized carbons (Fsp3) is 0.0968. The molecule has 4 aromatic carbocycles. The predicted octanol–water partition coefficient (Wildman–Crippen LogP) is 8.46. The molecule has 6 rings (SSSR count). The highest BCUT2D eigenvalue weighted by atomic mass is 15.1. The minimum atomic E-state index is 1.08. The number of aryl methyl sites for hydroxylation is 1. The zero-order valence-electron chi connectivity index (χ0n) is 18.8. The van der Waals surface area contributed by atoms with Crippen molar-refractivity contribution >= 4 is 33.2 Å². The Morgan fingerprint density at radius 3 is 1.79 bits per heavy atom. The largest absolute Gasteiger partial charge is 0.311 e. The number of benzene rings is 4. The van der Waals surface area contributed by atoms with E-state index in [4.69, 9.17) is 0 Å². The zero-order chi connectivity index (χ0) is 22.2. The summed E-state index contributed by atoms with van der Waals surface area (Å²) < 4.78 is 2.37. The Morgan fingerprint density at radius 1 is 0.636 bits per heavy atom. The number of anilines is 2. The first-order chi connectivity index (χ1) is 16.3. The van der Waals surface area contributed by atoms with Crippen molar-refractivity contribution in [1.82, 2.24) is 4.57 Å². The minimum Gasteiger partial charge on any atom is -0.311 e. The van der Waals surface area contributed by atoms with E-state index in [1.54, 1.807) is 0 Å². The molecule has 0 atom stereocenters. The van der Waals surface area contributed by atoms with Gasteiger partial charge in [-0.2, -0.15) is 0 Å². The molecule has 160 valence electrons. The minimum absolute atomic E-state index is 1.08. The molecule has 0 bridgehead atoms. The van der Waals surface area contributed by atoms with Crippen molar-refractivity contribution in [1.29, 1.82) is 0 Å².